The SMILES string of the molecule is Cc1ncsc1CN1CCC2(CC1)CC(NC(=O)C1CC1)C2. The van der Waals surface area contributed by atoms with Gasteiger partial charge in [-0.25, -0.2) is 4.98 Å². The maximum absolute atomic E-state index is 11.8. The van der Waals surface area contributed by atoms with Crippen LogP contribution in [0.2, 0.25) is 0 Å². The van der Waals surface area contributed by atoms with E-state index in [1.807, 2.05) is 5.51 Å². The van der Waals surface area contributed by atoms with Gasteiger partial charge in [-0.2, -0.15) is 0 Å². The van der Waals surface area contributed by atoms with Crippen molar-refractivity contribution in [3.63, 3.8) is 0 Å². The molecule has 1 N–H and O–H groups in total. The van der Waals surface area contributed by atoms with E-state index in [1.165, 1.54) is 49.3 Å². The van der Waals surface area contributed by atoms with E-state index in [-0.39, 0.29) is 0 Å². The summed E-state index contributed by atoms with van der Waals surface area (Å²) >= 11 is 1.78. The zero-order valence-electron chi connectivity index (χ0n) is 13.3. The summed E-state index contributed by atoms with van der Waals surface area (Å²) in [6.07, 6.45) is 7.21. The number of aromatic nitrogens is 1. The summed E-state index contributed by atoms with van der Waals surface area (Å²) in [6.45, 7) is 5.56. The maximum atomic E-state index is 11.8. The summed E-state index contributed by atoms with van der Waals surface area (Å²) in [5, 5.41) is 3.25. The van der Waals surface area contributed by atoms with Gasteiger partial charge in [0.15, 0.2) is 0 Å². The first-order valence-corrected chi connectivity index (χ1v) is 9.43. The Morgan fingerprint density at radius 2 is 2.14 bits per heavy atom. The molecule has 2 aliphatic carbocycles. The molecule has 4 nitrogen and oxygen atoms in total. The molecule has 1 amide bonds. The Kier molecular flexibility index (Phi) is 3.73. The van der Waals surface area contributed by atoms with Gasteiger partial charge >= 0.3 is 0 Å². The van der Waals surface area contributed by atoms with Gasteiger partial charge < -0.3 is 5.32 Å². The minimum absolute atomic E-state index is 0.318. The average Bonchev–Trinajstić information content (AvgIpc) is 3.25. The van der Waals surface area contributed by atoms with Crippen molar-refractivity contribution in [2.24, 2.45) is 11.3 Å². The highest BCUT2D eigenvalue weighted by Crippen LogP contribution is 2.49. The Morgan fingerprint density at radius 3 is 2.73 bits per heavy atom. The second-order valence-electron chi connectivity index (χ2n) is 7.53. The van der Waals surface area contributed by atoms with Gasteiger partial charge in [-0.3, -0.25) is 9.69 Å². The fourth-order valence-electron chi connectivity index (χ4n) is 4.03. The Balaban J connectivity index is 1.23. The third kappa shape index (κ3) is 2.93. The highest BCUT2D eigenvalue weighted by molar-refractivity contribution is 7.09. The third-order valence-electron chi connectivity index (χ3n) is 5.78. The molecule has 1 aromatic rings. The molecular formula is C17H25N3OS. The van der Waals surface area contributed by atoms with Crippen LogP contribution in [0.3, 0.4) is 0 Å². The van der Waals surface area contributed by atoms with Crippen molar-refractivity contribution >= 4 is 17.2 Å². The van der Waals surface area contributed by atoms with E-state index in [0.29, 0.717) is 23.3 Å². The molecule has 0 unspecified atom stereocenters. The molecule has 0 atom stereocenters. The molecule has 22 heavy (non-hydrogen) atoms. The normalized spacial score (nSPS) is 25.1. The van der Waals surface area contributed by atoms with E-state index < -0.39 is 0 Å². The number of hydrogen-bond acceptors (Lipinski definition) is 4. The zero-order valence-corrected chi connectivity index (χ0v) is 14.1. The minimum atomic E-state index is 0.318. The summed E-state index contributed by atoms with van der Waals surface area (Å²) in [5.74, 6) is 0.666. The molecule has 3 fully saturated rings. The molecule has 4 rings (SSSR count). The van der Waals surface area contributed by atoms with Crippen LogP contribution in [-0.2, 0) is 11.3 Å². The van der Waals surface area contributed by atoms with Crippen molar-refractivity contribution in [2.45, 2.75) is 58.0 Å². The number of nitrogens with one attached hydrogen (secondary N) is 1. The number of rotatable bonds is 4. The first-order valence-electron chi connectivity index (χ1n) is 8.55. The fraction of sp³-hybridized carbons (Fsp3) is 0.765. The van der Waals surface area contributed by atoms with Gasteiger partial charge in [0.1, 0.15) is 0 Å². The van der Waals surface area contributed by atoms with Crippen LogP contribution in [0.15, 0.2) is 5.51 Å². The maximum Gasteiger partial charge on any atom is 0.223 e. The third-order valence-corrected chi connectivity index (χ3v) is 6.70. The van der Waals surface area contributed by atoms with E-state index in [0.717, 1.165) is 19.4 Å². The second kappa shape index (κ2) is 5.60. The van der Waals surface area contributed by atoms with Crippen LogP contribution in [0, 0.1) is 18.3 Å². The number of nitrogens with zero attached hydrogens (tertiary/aromatic N) is 2. The van der Waals surface area contributed by atoms with Gasteiger partial charge in [0.05, 0.1) is 11.2 Å². The van der Waals surface area contributed by atoms with Crippen LogP contribution in [0.5, 0.6) is 0 Å². The zero-order chi connectivity index (χ0) is 15.2. The molecule has 3 aliphatic rings. The molecule has 120 valence electrons. The number of likely N-dealkylation sites (tertiary alicyclic amines) is 1. The van der Waals surface area contributed by atoms with Gasteiger partial charge in [0.25, 0.3) is 0 Å². The molecule has 1 saturated heterocycles. The van der Waals surface area contributed by atoms with Crippen LogP contribution in [0.25, 0.3) is 0 Å². The Morgan fingerprint density at radius 1 is 1.41 bits per heavy atom. The van der Waals surface area contributed by atoms with Crippen molar-refractivity contribution in [1.29, 1.82) is 0 Å². The van der Waals surface area contributed by atoms with Gasteiger partial charge in [-0.1, -0.05) is 0 Å². The molecule has 1 aromatic heterocycles. The topological polar surface area (TPSA) is 45.2 Å². The van der Waals surface area contributed by atoms with Crippen molar-refractivity contribution < 1.29 is 4.79 Å². The Bertz CT molecular complexity index is 550. The van der Waals surface area contributed by atoms with E-state index in [2.05, 4.69) is 22.1 Å². The second-order valence-corrected chi connectivity index (χ2v) is 8.46. The largest absolute Gasteiger partial charge is 0.353 e. The van der Waals surface area contributed by atoms with E-state index in [9.17, 15) is 4.79 Å². The number of aryl methyl sites for hydroxylation is 1. The van der Waals surface area contributed by atoms with Crippen LogP contribution in [-0.4, -0.2) is 34.9 Å². The molecule has 2 saturated carbocycles. The summed E-state index contributed by atoms with van der Waals surface area (Å²) in [7, 11) is 0. The molecule has 2 heterocycles. The lowest BCUT2D eigenvalue weighted by Crippen LogP contribution is -2.55. The summed E-state index contributed by atoms with van der Waals surface area (Å²) in [6, 6.07) is 0.461. The lowest BCUT2D eigenvalue weighted by Gasteiger charge is -2.52. The number of amides is 1. The van der Waals surface area contributed by atoms with E-state index in [1.54, 1.807) is 11.3 Å². The molecule has 0 aromatic carbocycles. The van der Waals surface area contributed by atoms with Crippen molar-refractivity contribution in [1.82, 2.24) is 15.2 Å². The van der Waals surface area contributed by atoms with Gasteiger partial charge in [-0.05, 0) is 64.0 Å². The molecule has 1 aliphatic heterocycles. The number of carbonyl (C=O) groups is 1. The standard InChI is InChI=1S/C17H25N3OS/c1-12-15(22-11-18-12)10-20-6-4-17(5-7-20)8-14(9-17)19-16(21)13-2-3-13/h11,13-14H,2-10H2,1H3,(H,19,21). The van der Waals surface area contributed by atoms with Gasteiger partial charge in [-0.15, -0.1) is 11.3 Å². The fourth-order valence-corrected chi connectivity index (χ4v) is 4.85. The quantitative estimate of drug-likeness (QED) is 0.928. The van der Waals surface area contributed by atoms with Crippen molar-refractivity contribution in [2.75, 3.05) is 13.1 Å². The lowest BCUT2D eigenvalue weighted by molar-refractivity contribution is -0.125. The molecule has 0 radical (unpaired) electrons. The van der Waals surface area contributed by atoms with Crippen molar-refractivity contribution in [3.05, 3.63) is 16.1 Å². The number of thiazole rings is 1. The van der Waals surface area contributed by atoms with Crippen LogP contribution < -0.4 is 5.32 Å². The first kappa shape index (κ1) is 14.6. The van der Waals surface area contributed by atoms with Gasteiger partial charge in [0, 0.05) is 23.4 Å². The average molecular weight is 319 g/mol. The van der Waals surface area contributed by atoms with Crippen LogP contribution in [0.1, 0.15) is 49.1 Å². The predicted molar refractivity (Wildman–Crippen MR) is 87.7 cm³/mol. The number of piperidine rings is 1. The van der Waals surface area contributed by atoms with E-state index in [4.69, 9.17) is 0 Å². The molecular weight excluding hydrogens is 294 g/mol. The minimum Gasteiger partial charge on any atom is -0.353 e. The first-order chi connectivity index (χ1) is 10.6. The Labute approximate surface area is 136 Å². The Hall–Kier alpha value is -0.940. The number of carbonyl (C=O) groups excluding carboxylic acids is 1. The van der Waals surface area contributed by atoms with Crippen LogP contribution in [0.4, 0.5) is 0 Å². The van der Waals surface area contributed by atoms with Crippen LogP contribution >= 0.6 is 11.3 Å². The lowest BCUT2D eigenvalue weighted by atomic mass is 9.60. The van der Waals surface area contributed by atoms with Crippen molar-refractivity contribution in [3.8, 4) is 0 Å². The highest BCUT2D eigenvalue weighted by atomic mass is 32.1. The summed E-state index contributed by atoms with van der Waals surface area (Å²) in [5.41, 5.74) is 3.67. The van der Waals surface area contributed by atoms with Gasteiger partial charge in [0.2, 0.25) is 5.91 Å². The summed E-state index contributed by atoms with van der Waals surface area (Å²) in [4.78, 5) is 20.2. The smallest absolute Gasteiger partial charge is 0.223 e. The highest BCUT2D eigenvalue weighted by Gasteiger charge is 2.47. The summed E-state index contributed by atoms with van der Waals surface area (Å²) < 4.78 is 0. The molecule has 1 spiro atoms. The van der Waals surface area contributed by atoms with E-state index >= 15 is 0 Å². The predicted octanol–water partition coefficient (Wildman–Crippen LogP) is 2.72. The molecule has 0 bridgehead atoms. The number of hydrogen-bond donors (Lipinski definition) is 1. The molecule has 5 heteroatoms. The monoisotopic (exact) mass is 319 g/mol.